The Bertz CT molecular complexity index is 714. The fraction of sp³-hybridized carbons (Fsp3) is 0.176. The minimum atomic E-state index is 0.454. The van der Waals surface area contributed by atoms with E-state index in [9.17, 15) is 0 Å². The molecule has 2 aliphatic rings. The summed E-state index contributed by atoms with van der Waals surface area (Å²) in [5.41, 5.74) is 4.24. The van der Waals surface area contributed by atoms with Gasteiger partial charge in [-0.3, -0.25) is 0 Å². The summed E-state index contributed by atoms with van der Waals surface area (Å²) in [6.07, 6.45) is 1.09. The van der Waals surface area contributed by atoms with Crippen LogP contribution in [0.4, 0.5) is 0 Å². The quantitative estimate of drug-likeness (QED) is 0.758. The number of fused-ring (bicyclic) bond motifs is 1. The summed E-state index contributed by atoms with van der Waals surface area (Å²) in [7, 11) is 0. The van der Waals surface area contributed by atoms with E-state index in [0.717, 1.165) is 39.0 Å². The van der Waals surface area contributed by atoms with E-state index in [1.807, 2.05) is 48.5 Å². The predicted molar refractivity (Wildman–Crippen MR) is 87.6 cm³/mol. The van der Waals surface area contributed by atoms with Gasteiger partial charge in [0.15, 0.2) is 0 Å². The Morgan fingerprint density at radius 3 is 1.67 bits per heavy atom. The van der Waals surface area contributed by atoms with Gasteiger partial charge in [0.2, 0.25) is 0 Å². The molecule has 0 bridgehead atoms. The van der Waals surface area contributed by atoms with Crippen LogP contribution in [-0.4, -0.2) is 11.4 Å². The van der Waals surface area contributed by atoms with Crippen molar-refractivity contribution in [3.05, 3.63) is 69.7 Å². The second kappa shape index (κ2) is 4.97. The molecule has 1 aliphatic heterocycles. The maximum atomic E-state index is 6.06. The molecule has 1 saturated carbocycles. The van der Waals surface area contributed by atoms with E-state index in [2.05, 4.69) is 10.2 Å². The summed E-state index contributed by atoms with van der Waals surface area (Å²) in [4.78, 5) is 0. The minimum absolute atomic E-state index is 0.454. The van der Waals surface area contributed by atoms with Gasteiger partial charge in [0.1, 0.15) is 0 Å². The molecule has 1 aliphatic carbocycles. The lowest BCUT2D eigenvalue weighted by Crippen LogP contribution is -2.15. The van der Waals surface area contributed by atoms with Crippen molar-refractivity contribution in [2.75, 3.05) is 0 Å². The molecule has 2 nitrogen and oxygen atoms in total. The van der Waals surface area contributed by atoms with E-state index in [1.165, 1.54) is 0 Å². The summed E-state index contributed by atoms with van der Waals surface area (Å²) in [6.45, 7) is 0. The van der Waals surface area contributed by atoms with Crippen LogP contribution < -0.4 is 0 Å². The second-order valence-electron chi connectivity index (χ2n) is 5.44. The van der Waals surface area contributed by atoms with Crippen molar-refractivity contribution < 1.29 is 0 Å². The number of halogens is 2. The Hall–Kier alpha value is -1.64. The van der Waals surface area contributed by atoms with Gasteiger partial charge in [-0.25, -0.2) is 0 Å². The van der Waals surface area contributed by atoms with Gasteiger partial charge in [0, 0.05) is 21.9 Å². The van der Waals surface area contributed by atoms with Crippen LogP contribution in [0.25, 0.3) is 0 Å². The van der Waals surface area contributed by atoms with Crippen LogP contribution in [0.5, 0.6) is 0 Å². The highest BCUT2D eigenvalue weighted by Crippen LogP contribution is 2.46. The first-order chi connectivity index (χ1) is 10.2. The van der Waals surface area contributed by atoms with Crippen molar-refractivity contribution in [2.45, 2.75) is 6.42 Å². The van der Waals surface area contributed by atoms with E-state index < -0.39 is 0 Å². The number of benzene rings is 2. The molecule has 0 saturated heterocycles. The highest BCUT2D eigenvalue weighted by molar-refractivity contribution is 6.31. The maximum absolute atomic E-state index is 6.06. The molecule has 0 amide bonds. The lowest BCUT2D eigenvalue weighted by atomic mass is 9.99. The van der Waals surface area contributed by atoms with E-state index in [-0.39, 0.29) is 0 Å². The Balaban J connectivity index is 1.72. The Morgan fingerprint density at radius 1 is 0.762 bits per heavy atom. The van der Waals surface area contributed by atoms with Gasteiger partial charge >= 0.3 is 0 Å². The number of rotatable bonds is 2. The van der Waals surface area contributed by atoms with Crippen molar-refractivity contribution in [1.82, 2.24) is 0 Å². The molecular formula is C17H12Cl2N2. The highest BCUT2D eigenvalue weighted by atomic mass is 35.5. The average Bonchev–Trinajstić information content (AvgIpc) is 3.26. The van der Waals surface area contributed by atoms with Crippen LogP contribution in [0, 0.1) is 11.8 Å². The third-order valence-electron chi connectivity index (χ3n) is 4.00. The summed E-state index contributed by atoms with van der Waals surface area (Å²) >= 11 is 12.1. The Labute approximate surface area is 133 Å². The number of nitrogens with zero attached hydrogens (tertiary/aromatic N) is 2. The monoisotopic (exact) mass is 314 g/mol. The van der Waals surface area contributed by atoms with E-state index in [0.29, 0.717) is 11.8 Å². The van der Waals surface area contributed by atoms with Gasteiger partial charge in [-0.05, 0) is 41.8 Å². The zero-order chi connectivity index (χ0) is 14.4. The normalized spacial score (nSPS) is 23.1. The van der Waals surface area contributed by atoms with E-state index in [1.54, 1.807) is 0 Å². The second-order valence-corrected chi connectivity index (χ2v) is 6.31. The summed E-state index contributed by atoms with van der Waals surface area (Å²) < 4.78 is 0. The third kappa shape index (κ3) is 2.39. The Morgan fingerprint density at radius 2 is 1.24 bits per heavy atom. The predicted octanol–water partition coefficient (Wildman–Crippen LogP) is 4.84. The van der Waals surface area contributed by atoms with E-state index >= 15 is 0 Å². The molecular weight excluding hydrogens is 303 g/mol. The topological polar surface area (TPSA) is 24.7 Å². The van der Waals surface area contributed by atoms with Crippen LogP contribution >= 0.6 is 23.2 Å². The molecule has 1 fully saturated rings. The molecule has 0 radical (unpaired) electrons. The average molecular weight is 315 g/mol. The number of hydrogen-bond donors (Lipinski definition) is 0. The summed E-state index contributed by atoms with van der Waals surface area (Å²) in [5.74, 6) is 0.907. The van der Waals surface area contributed by atoms with Gasteiger partial charge in [-0.1, -0.05) is 47.5 Å². The SMILES string of the molecule is Clc1cccc(C2=NN=C(c3cccc(Cl)c3)C3CC23)c1. The summed E-state index contributed by atoms with van der Waals surface area (Å²) in [5, 5.41) is 10.4. The van der Waals surface area contributed by atoms with Crippen molar-refractivity contribution in [1.29, 1.82) is 0 Å². The first-order valence-electron chi connectivity index (χ1n) is 6.90. The molecule has 2 unspecified atom stereocenters. The fourth-order valence-corrected chi connectivity index (χ4v) is 3.28. The van der Waals surface area contributed by atoms with Crippen LogP contribution in [-0.2, 0) is 0 Å². The van der Waals surface area contributed by atoms with Gasteiger partial charge in [0.05, 0.1) is 11.4 Å². The Kier molecular flexibility index (Phi) is 3.09. The molecule has 4 heteroatoms. The zero-order valence-electron chi connectivity index (χ0n) is 11.1. The van der Waals surface area contributed by atoms with Crippen LogP contribution in [0.15, 0.2) is 58.7 Å². The third-order valence-corrected chi connectivity index (χ3v) is 4.47. The van der Waals surface area contributed by atoms with Gasteiger partial charge in [0.25, 0.3) is 0 Å². The lowest BCUT2D eigenvalue weighted by molar-refractivity contribution is 0.999. The zero-order valence-corrected chi connectivity index (χ0v) is 12.6. The van der Waals surface area contributed by atoms with Crippen molar-refractivity contribution >= 4 is 34.6 Å². The lowest BCUT2D eigenvalue weighted by Gasteiger charge is -2.12. The molecule has 2 atom stereocenters. The van der Waals surface area contributed by atoms with Crippen LogP contribution in [0.1, 0.15) is 17.5 Å². The van der Waals surface area contributed by atoms with Crippen molar-refractivity contribution in [2.24, 2.45) is 22.0 Å². The van der Waals surface area contributed by atoms with Crippen LogP contribution in [0.3, 0.4) is 0 Å². The standard InChI is InChI=1S/C17H12Cl2N2/c18-12-5-1-3-10(7-12)16-14-9-15(14)17(21-20-16)11-4-2-6-13(19)8-11/h1-8,14-15H,9H2. The molecule has 104 valence electrons. The molecule has 4 rings (SSSR count). The van der Waals surface area contributed by atoms with Crippen LogP contribution in [0.2, 0.25) is 10.0 Å². The summed E-state index contributed by atoms with van der Waals surface area (Å²) in [6, 6.07) is 15.6. The molecule has 2 aromatic rings. The molecule has 0 spiro atoms. The fourth-order valence-electron chi connectivity index (χ4n) is 2.89. The smallest absolute Gasteiger partial charge is 0.0741 e. The molecule has 0 N–H and O–H groups in total. The maximum Gasteiger partial charge on any atom is 0.0741 e. The van der Waals surface area contributed by atoms with Gasteiger partial charge < -0.3 is 0 Å². The molecule has 2 aromatic carbocycles. The number of hydrogen-bond acceptors (Lipinski definition) is 2. The molecule has 0 aromatic heterocycles. The first kappa shape index (κ1) is 13.1. The minimum Gasteiger partial charge on any atom is -0.154 e. The highest BCUT2D eigenvalue weighted by Gasteiger charge is 2.47. The van der Waals surface area contributed by atoms with Gasteiger partial charge in [-0.15, -0.1) is 0 Å². The molecule has 21 heavy (non-hydrogen) atoms. The van der Waals surface area contributed by atoms with Gasteiger partial charge in [-0.2, -0.15) is 10.2 Å². The van der Waals surface area contributed by atoms with Crippen molar-refractivity contribution in [3.63, 3.8) is 0 Å². The molecule has 1 heterocycles. The largest absolute Gasteiger partial charge is 0.154 e. The van der Waals surface area contributed by atoms with E-state index in [4.69, 9.17) is 23.2 Å². The first-order valence-corrected chi connectivity index (χ1v) is 7.65. The van der Waals surface area contributed by atoms with Crippen molar-refractivity contribution in [3.8, 4) is 0 Å².